The van der Waals surface area contributed by atoms with Gasteiger partial charge in [-0.05, 0) is 74.6 Å². The van der Waals surface area contributed by atoms with Crippen LogP contribution in [-0.2, 0) is 31.9 Å². The third kappa shape index (κ3) is 8.34. The molecular weight excluding hydrogens is 883 g/mol. The van der Waals surface area contributed by atoms with Gasteiger partial charge in [0.05, 0.1) is 24.9 Å². The standard InChI is InChI=1S/C29H23N2S.C20H26NSi.Ir/c1-29(2,3)20-13-15-21(16-14-20)31-25-10-6-5-9-24(25)30-28(31)19-12-17-23-22-8-4-7-11-26(22)32-27(23)18-19;1-22(2,3)20-15-21-19(17-11-5-4-6-12-17)14-18(20)13-16-9-7-8-10-16;/h4-11,13-18H,1-3H3;4-6,11,14-16H,7-10,13H2,1-3H3;/q2*-1;. The summed E-state index contributed by atoms with van der Waals surface area (Å²) in [4.78, 5) is 9.78. The second-order valence-electron chi connectivity index (χ2n) is 16.9. The van der Waals surface area contributed by atoms with Crippen LogP contribution in [0.3, 0.4) is 0 Å². The Labute approximate surface area is 345 Å². The Hall–Kier alpha value is -4.19. The summed E-state index contributed by atoms with van der Waals surface area (Å²) in [5.74, 6) is 1.80. The zero-order chi connectivity index (χ0) is 37.5. The molecule has 0 saturated heterocycles. The normalized spacial score (nSPS) is 13.6. The van der Waals surface area contributed by atoms with Crippen molar-refractivity contribution in [3.63, 3.8) is 0 Å². The molecule has 0 atom stereocenters. The van der Waals surface area contributed by atoms with E-state index in [9.17, 15) is 0 Å². The van der Waals surface area contributed by atoms with Crippen LogP contribution in [0.4, 0.5) is 0 Å². The quantitative estimate of drug-likeness (QED) is 0.123. The summed E-state index contributed by atoms with van der Waals surface area (Å²) < 4.78 is 4.83. The Bertz CT molecular complexity index is 2550. The molecule has 0 aliphatic heterocycles. The van der Waals surface area contributed by atoms with Crippen molar-refractivity contribution in [2.24, 2.45) is 5.92 Å². The van der Waals surface area contributed by atoms with Crippen LogP contribution in [0.25, 0.3) is 59.5 Å². The SMILES string of the molecule is CC(C)(C)c1ccc(-n2c(-c3[c-]cc4c(c3)sc3ccccc34)nc3ccccc32)cc1.C[Si](C)(C)c1cnc(-c2[c-]cccc2)cc1CC1CCCC1.[Ir]. The summed E-state index contributed by atoms with van der Waals surface area (Å²) in [6, 6.07) is 47.5. The predicted octanol–water partition coefficient (Wildman–Crippen LogP) is 13.0. The fourth-order valence-corrected chi connectivity index (χ4v) is 10.7. The van der Waals surface area contributed by atoms with Crippen molar-refractivity contribution in [3.8, 4) is 28.3 Å². The largest absolute Gasteiger partial charge is 0.333 e. The fraction of sp³-hybridized carbons (Fsp3) is 0.265. The number of aromatic nitrogens is 3. The molecule has 0 amide bonds. The molecule has 0 bridgehead atoms. The van der Waals surface area contributed by atoms with E-state index in [1.807, 2.05) is 29.5 Å². The first-order valence-corrected chi connectivity index (χ1v) is 23.7. The molecule has 9 rings (SSSR count). The predicted molar refractivity (Wildman–Crippen MR) is 234 cm³/mol. The number of hydrogen-bond acceptors (Lipinski definition) is 3. The molecule has 1 fully saturated rings. The summed E-state index contributed by atoms with van der Waals surface area (Å²) in [6.07, 6.45) is 9.03. The number of hydrogen-bond donors (Lipinski definition) is 0. The molecular formula is C49H49IrN3SSi-2. The van der Waals surface area contributed by atoms with Crippen LogP contribution < -0.4 is 5.19 Å². The molecule has 0 spiro atoms. The van der Waals surface area contributed by atoms with E-state index in [1.54, 1.807) is 10.8 Å². The van der Waals surface area contributed by atoms with E-state index in [1.165, 1.54) is 57.8 Å². The summed E-state index contributed by atoms with van der Waals surface area (Å²) >= 11 is 1.83. The topological polar surface area (TPSA) is 30.7 Å². The Morgan fingerprint density at radius 2 is 1.51 bits per heavy atom. The fourth-order valence-electron chi connectivity index (χ4n) is 7.94. The molecule has 1 aliphatic carbocycles. The minimum atomic E-state index is -1.35. The maximum atomic E-state index is 5.03. The third-order valence-corrected chi connectivity index (χ3v) is 14.1. The number of pyridine rings is 1. The first-order valence-electron chi connectivity index (χ1n) is 19.4. The van der Waals surface area contributed by atoms with Gasteiger partial charge in [0, 0.05) is 36.7 Å². The van der Waals surface area contributed by atoms with Gasteiger partial charge in [-0.25, -0.2) is 0 Å². The minimum Gasteiger partial charge on any atom is -0.333 e. The van der Waals surface area contributed by atoms with Crippen molar-refractivity contribution in [3.05, 3.63) is 145 Å². The van der Waals surface area contributed by atoms with Gasteiger partial charge in [-0.15, -0.1) is 59.7 Å². The van der Waals surface area contributed by atoms with E-state index in [0.717, 1.165) is 45.3 Å². The van der Waals surface area contributed by atoms with Crippen molar-refractivity contribution in [1.29, 1.82) is 0 Å². The second kappa shape index (κ2) is 16.1. The number of rotatable bonds is 6. The molecule has 1 radical (unpaired) electrons. The molecule has 3 nitrogen and oxygen atoms in total. The van der Waals surface area contributed by atoms with Crippen molar-refractivity contribution in [2.75, 3.05) is 0 Å². The molecule has 1 aliphatic rings. The van der Waals surface area contributed by atoms with Gasteiger partial charge in [0.25, 0.3) is 0 Å². The van der Waals surface area contributed by atoms with Gasteiger partial charge in [-0.2, -0.15) is 11.3 Å². The molecule has 5 aromatic carbocycles. The van der Waals surface area contributed by atoms with Crippen LogP contribution in [0.5, 0.6) is 0 Å². The minimum absolute atomic E-state index is 0. The molecule has 55 heavy (non-hydrogen) atoms. The molecule has 3 aromatic heterocycles. The van der Waals surface area contributed by atoms with E-state index < -0.39 is 8.07 Å². The van der Waals surface area contributed by atoms with Gasteiger partial charge in [0.15, 0.2) is 0 Å². The number of nitrogens with zero attached hydrogens (tertiary/aromatic N) is 3. The van der Waals surface area contributed by atoms with E-state index >= 15 is 0 Å². The van der Waals surface area contributed by atoms with Crippen LogP contribution in [0.1, 0.15) is 57.6 Å². The van der Waals surface area contributed by atoms with Gasteiger partial charge in [0.1, 0.15) is 0 Å². The summed E-state index contributed by atoms with van der Waals surface area (Å²) in [5, 5.41) is 4.09. The molecule has 0 unspecified atom stereocenters. The van der Waals surface area contributed by atoms with Gasteiger partial charge >= 0.3 is 0 Å². The second-order valence-corrected chi connectivity index (χ2v) is 23.0. The summed E-state index contributed by atoms with van der Waals surface area (Å²) in [7, 11) is -1.35. The molecule has 0 N–H and O–H groups in total. The van der Waals surface area contributed by atoms with E-state index in [-0.39, 0.29) is 25.5 Å². The van der Waals surface area contributed by atoms with Gasteiger partial charge < -0.3 is 9.55 Å². The molecule has 8 aromatic rings. The summed E-state index contributed by atoms with van der Waals surface area (Å²) in [6.45, 7) is 14.0. The van der Waals surface area contributed by atoms with Gasteiger partial charge in [-0.3, -0.25) is 4.98 Å². The van der Waals surface area contributed by atoms with Crippen molar-refractivity contribution < 1.29 is 20.1 Å². The Morgan fingerprint density at radius 3 is 2.24 bits per heavy atom. The monoisotopic (exact) mass is 932 g/mol. The number of para-hydroxylation sites is 2. The number of fused-ring (bicyclic) bond motifs is 4. The maximum Gasteiger partial charge on any atom is 0.0798 e. The van der Waals surface area contributed by atoms with E-state index in [2.05, 4.69) is 160 Å². The molecule has 281 valence electrons. The van der Waals surface area contributed by atoms with Crippen LogP contribution in [0, 0.1) is 18.1 Å². The Kier molecular flexibility index (Phi) is 11.4. The zero-order valence-electron chi connectivity index (χ0n) is 32.7. The van der Waals surface area contributed by atoms with Crippen molar-refractivity contribution in [1.82, 2.24) is 14.5 Å². The maximum absolute atomic E-state index is 5.03. The van der Waals surface area contributed by atoms with Gasteiger partial charge in [-0.1, -0.05) is 126 Å². The van der Waals surface area contributed by atoms with E-state index in [4.69, 9.17) is 9.97 Å². The zero-order valence-corrected chi connectivity index (χ0v) is 37.0. The van der Waals surface area contributed by atoms with Crippen LogP contribution in [0.2, 0.25) is 19.6 Å². The summed E-state index contributed by atoms with van der Waals surface area (Å²) in [5.41, 5.74) is 9.42. The third-order valence-electron chi connectivity index (χ3n) is 10.9. The molecule has 6 heteroatoms. The number of imidazole rings is 1. The first-order chi connectivity index (χ1) is 26.0. The van der Waals surface area contributed by atoms with Crippen LogP contribution in [-0.4, -0.2) is 22.6 Å². The molecule has 3 heterocycles. The van der Waals surface area contributed by atoms with Crippen LogP contribution in [0.15, 0.2) is 121 Å². The Balaban J connectivity index is 0.000000178. The van der Waals surface area contributed by atoms with Crippen molar-refractivity contribution in [2.45, 2.75) is 77.9 Å². The van der Waals surface area contributed by atoms with E-state index in [0.29, 0.717) is 0 Å². The van der Waals surface area contributed by atoms with Crippen molar-refractivity contribution >= 4 is 55.8 Å². The first kappa shape index (κ1) is 39.1. The number of thiophene rings is 1. The smallest absolute Gasteiger partial charge is 0.0798 e. The average molecular weight is 932 g/mol. The van der Waals surface area contributed by atoms with Crippen LogP contribution >= 0.6 is 11.3 Å². The van der Waals surface area contributed by atoms with Gasteiger partial charge in [0.2, 0.25) is 0 Å². The Morgan fingerprint density at radius 1 is 0.782 bits per heavy atom. The average Bonchev–Trinajstić information content (AvgIpc) is 3.92. The molecule has 1 saturated carbocycles. The number of benzene rings is 5.